The fraction of sp³-hybridized carbons (Fsp3) is 0.486. The third-order valence-electron chi connectivity index (χ3n) is 9.25. The molecule has 0 unspecified atom stereocenters. The second-order valence-electron chi connectivity index (χ2n) is 12.0. The number of methoxy groups -OCH3 is 1. The summed E-state index contributed by atoms with van der Waals surface area (Å²) >= 11 is 0. The number of hydrogen-bond acceptors (Lipinski definition) is 6. The summed E-state index contributed by atoms with van der Waals surface area (Å²) < 4.78 is 5.62. The zero-order valence-corrected chi connectivity index (χ0v) is 24.2. The maximum atomic E-state index is 11.5. The molecule has 5 rings (SSSR count). The Labute approximate surface area is 243 Å². The van der Waals surface area contributed by atoms with Crippen molar-refractivity contribution < 1.29 is 30.3 Å². The van der Waals surface area contributed by atoms with Crippen LogP contribution in [0.15, 0.2) is 36.4 Å². The maximum Gasteiger partial charge on any atom is 0.124 e. The normalized spacial score (nSPS) is 16.7. The number of ether oxygens (including phenoxy) is 1. The number of aliphatic hydroxyl groups excluding tert-OH is 2. The summed E-state index contributed by atoms with van der Waals surface area (Å²) in [5, 5.41) is 53.2. The van der Waals surface area contributed by atoms with Gasteiger partial charge in [0.25, 0.3) is 0 Å². The van der Waals surface area contributed by atoms with Gasteiger partial charge in [-0.1, -0.05) is 50.7 Å². The minimum absolute atomic E-state index is 0.182. The van der Waals surface area contributed by atoms with E-state index in [1.807, 2.05) is 36.4 Å². The van der Waals surface area contributed by atoms with Crippen molar-refractivity contribution in [2.45, 2.75) is 102 Å². The Hall–Kier alpha value is -3.22. The summed E-state index contributed by atoms with van der Waals surface area (Å²) in [6.45, 7) is -0.488. The average molecular weight is 561 g/mol. The van der Waals surface area contributed by atoms with Gasteiger partial charge in [0.05, 0.1) is 20.3 Å². The lowest BCUT2D eigenvalue weighted by molar-refractivity contribution is 0.274. The van der Waals surface area contributed by atoms with Gasteiger partial charge >= 0.3 is 0 Å². The van der Waals surface area contributed by atoms with E-state index in [2.05, 4.69) is 0 Å². The second-order valence-corrected chi connectivity index (χ2v) is 12.0. The van der Waals surface area contributed by atoms with Crippen LogP contribution in [-0.4, -0.2) is 32.6 Å². The molecule has 0 saturated heterocycles. The zero-order chi connectivity index (χ0) is 28.9. The van der Waals surface area contributed by atoms with Crippen molar-refractivity contribution in [2.75, 3.05) is 7.11 Å². The van der Waals surface area contributed by atoms with Crippen LogP contribution < -0.4 is 4.74 Å². The molecule has 0 bridgehead atoms. The third kappa shape index (κ3) is 6.49. The van der Waals surface area contributed by atoms with E-state index in [4.69, 9.17) is 4.74 Å². The van der Waals surface area contributed by atoms with E-state index >= 15 is 0 Å². The molecule has 6 heteroatoms. The first-order valence-corrected chi connectivity index (χ1v) is 15.2. The smallest absolute Gasteiger partial charge is 0.124 e. The Bertz CT molecular complexity index is 1250. The molecule has 0 radical (unpaired) electrons. The molecule has 5 N–H and O–H groups in total. The molecule has 6 nitrogen and oxygen atoms in total. The van der Waals surface area contributed by atoms with Crippen molar-refractivity contribution in [1.29, 1.82) is 0 Å². The van der Waals surface area contributed by atoms with Crippen LogP contribution >= 0.6 is 0 Å². The molecule has 0 aromatic heterocycles. The molecule has 2 aliphatic rings. The Balaban J connectivity index is 1.48. The highest BCUT2D eigenvalue weighted by Gasteiger charge is 2.24. The maximum absolute atomic E-state index is 11.5. The molecule has 220 valence electrons. The molecule has 0 atom stereocenters. The zero-order valence-electron chi connectivity index (χ0n) is 24.2. The lowest BCUT2D eigenvalue weighted by Gasteiger charge is -2.25. The Morgan fingerprint density at radius 2 is 0.976 bits per heavy atom. The molecule has 41 heavy (non-hydrogen) atoms. The number of aliphatic hydroxyl groups is 2. The van der Waals surface area contributed by atoms with Gasteiger partial charge in [-0.15, -0.1) is 0 Å². The standard InChI is InChI=1S/C35H44O6/c1-41-30-18-26(12-22-14-28(20-36)34(39)31(16-22)24-8-4-2-5-9-24)33(38)27(19-30)13-23-15-29(21-37)35(40)32(17-23)25-10-6-3-7-11-25/h14-19,24-25,36-40H,2-13,20-21H2,1H3. The molecular formula is C35H44O6. The van der Waals surface area contributed by atoms with Crippen molar-refractivity contribution in [3.63, 3.8) is 0 Å². The number of phenols is 3. The van der Waals surface area contributed by atoms with E-state index in [9.17, 15) is 25.5 Å². The third-order valence-corrected chi connectivity index (χ3v) is 9.25. The Morgan fingerprint density at radius 3 is 1.34 bits per heavy atom. The van der Waals surface area contributed by atoms with Crippen molar-refractivity contribution in [2.24, 2.45) is 0 Å². The van der Waals surface area contributed by atoms with Crippen LogP contribution in [0, 0.1) is 0 Å². The predicted molar refractivity (Wildman–Crippen MR) is 160 cm³/mol. The molecule has 0 amide bonds. The number of benzene rings is 3. The molecule has 3 aromatic rings. The molecule has 3 aromatic carbocycles. The van der Waals surface area contributed by atoms with Crippen molar-refractivity contribution in [3.8, 4) is 23.0 Å². The highest BCUT2D eigenvalue weighted by Crippen LogP contribution is 2.42. The minimum atomic E-state index is -0.244. The van der Waals surface area contributed by atoms with Gasteiger partial charge in [0, 0.05) is 35.1 Å². The van der Waals surface area contributed by atoms with E-state index in [1.54, 1.807) is 7.11 Å². The summed E-state index contributed by atoms with van der Waals surface area (Å²) in [4.78, 5) is 0. The first-order chi connectivity index (χ1) is 19.9. The Morgan fingerprint density at radius 1 is 0.561 bits per heavy atom. The molecule has 0 spiro atoms. The largest absolute Gasteiger partial charge is 0.507 e. The molecule has 0 aliphatic heterocycles. The predicted octanol–water partition coefficient (Wildman–Crippen LogP) is 7.07. The van der Waals surface area contributed by atoms with Gasteiger partial charge in [-0.3, -0.25) is 0 Å². The topological polar surface area (TPSA) is 110 Å². The van der Waals surface area contributed by atoms with Crippen LogP contribution in [-0.2, 0) is 26.1 Å². The van der Waals surface area contributed by atoms with Gasteiger partial charge in [-0.05, 0) is 84.0 Å². The molecule has 2 aliphatic carbocycles. The molecular weight excluding hydrogens is 516 g/mol. The van der Waals surface area contributed by atoms with E-state index in [1.165, 1.54) is 12.8 Å². The second kappa shape index (κ2) is 13.2. The van der Waals surface area contributed by atoms with Crippen molar-refractivity contribution in [1.82, 2.24) is 0 Å². The van der Waals surface area contributed by atoms with E-state index in [0.717, 1.165) is 73.6 Å². The number of hydrogen-bond donors (Lipinski definition) is 5. The van der Waals surface area contributed by atoms with Gasteiger partial charge in [0.15, 0.2) is 0 Å². The van der Waals surface area contributed by atoms with Crippen LogP contribution in [0.4, 0.5) is 0 Å². The van der Waals surface area contributed by atoms with Crippen molar-refractivity contribution >= 4 is 0 Å². The lowest BCUT2D eigenvalue weighted by atomic mass is 9.81. The lowest BCUT2D eigenvalue weighted by Crippen LogP contribution is -2.07. The average Bonchev–Trinajstić information content (AvgIpc) is 3.01. The van der Waals surface area contributed by atoms with Gasteiger partial charge in [0.2, 0.25) is 0 Å². The summed E-state index contributed by atoms with van der Waals surface area (Å²) in [6.07, 6.45) is 12.0. The summed E-state index contributed by atoms with van der Waals surface area (Å²) in [7, 11) is 1.61. The quantitative estimate of drug-likeness (QED) is 0.191. The fourth-order valence-corrected chi connectivity index (χ4v) is 7.02. The summed E-state index contributed by atoms with van der Waals surface area (Å²) in [5.74, 6) is 1.75. The van der Waals surface area contributed by atoms with E-state index in [0.29, 0.717) is 40.8 Å². The van der Waals surface area contributed by atoms with E-state index < -0.39 is 0 Å². The van der Waals surface area contributed by atoms with Crippen LogP contribution in [0.5, 0.6) is 23.0 Å². The highest BCUT2D eigenvalue weighted by molar-refractivity contribution is 5.54. The van der Waals surface area contributed by atoms with Crippen LogP contribution in [0.25, 0.3) is 0 Å². The van der Waals surface area contributed by atoms with Crippen LogP contribution in [0.3, 0.4) is 0 Å². The highest BCUT2D eigenvalue weighted by atomic mass is 16.5. The van der Waals surface area contributed by atoms with Crippen LogP contribution in [0.2, 0.25) is 0 Å². The van der Waals surface area contributed by atoms with Gasteiger partial charge in [-0.25, -0.2) is 0 Å². The monoisotopic (exact) mass is 560 g/mol. The summed E-state index contributed by atoms with van der Waals surface area (Å²) in [5.41, 5.74) is 6.08. The van der Waals surface area contributed by atoms with Gasteiger partial charge < -0.3 is 30.3 Å². The molecule has 0 heterocycles. The number of phenolic OH excluding ortho intramolecular Hbond substituents is 1. The van der Waals surface area contributed by atoms with E-state index in [-0.39, 0.29) is 42.3 Å². The number of rotatable bonds is 9. The Kier molecular flexibility index (Phi) is 9.41. The summed E-state index contributed by atoms with van der Waals surface area (Å²) in [6, 6.07) is 11.4. The van der Waals surface area contributed by atoms with Gasteiger partial charge in [0.1, 0.15) is 23.0 Å². The number of aromatic hydroxyl groups is 3. The molecule has 2 saturated carbocycles. The van der Waals surface area contributed by atoms with Crippen LogP contribution in [0.1, 0.15) is 121 Å². The SMILES string of the molecule is COc1cc(Cc2cc(CO)c(O)c(C3CCCCC3)c2)c(O)c(Cc2cc(CO)c(O)c(C3CCCCC3)c2)c1. The van der Waals surface area contributed by atoms with Gasteiger partial charge in [-0.2, -0.15) is 0 Å². The first-order valence-electron chi connectivity index (χ1n) is 15.2. The first kappa shape index (κ1) is 29.3. The minimum Gasteiger partial charge on any atom is -0.507 e. The fourth-order valence-electron chi connectivity index (χ4n) is 7.02. The van der Waals surface area contributed by atoms with Crippen molar-refractivity contribution in [3.05, 3.63) is 80.9 Å². The molecule has 2 fully saturated rings.